The van der Waals surface area contributed by atoms with Gasteiger partial charge in [0.2, 0.25) is 10.0 Å². The minimum atomic E-state index is -4.06. The standard InChI is InChI=1S/C32H45N3O6S.C25H39N3O3/c1-31(2,3)41-30(37)34-28(22-25-12-7-5-8-13-25)29(36)23-35(24-32(20-11-21-33)18-9-6-10-19-32)42(38,39)27-16-14-26(40-4)15-17-27;1-24(2,3)31-23(30)28-21(17-20-11-6-4-7-12-20)22(29)18-27-19-25(15-10-16-26)13-8-5-9-14-25/h5,7-8,12-17,28-29,36H,6,9-11,18-20,22-24H2,1-4H3,(H,34,37);4,6-7,11-12,21-22,27,29H,5,8-10,13-15,17-19H2,1-3H3,(H,28,30)/t28-,29+;21-,22+/m00/s1. The van der Waals surface area contributed by atoms with Crippen molar-refractivity contribution >= 4 is 22.2 Å². The lowest BCUT2D eigenvalue weighted by Crippen LogP contribution is -2.53. The highest BCUT2D eigenvalue weighted by Crippen LogP contribution is 2.42. The number of hydrogen-bond donors (Lipinski definition) is 5. The van der Waals surface area contributed by atoms with Crippen LogP contribution >= 0.6 is 0 Å². The quantitative estimate of drug-likeness (QED) is 0.0599. The van der Waals surface area contributed by atoms with Crippen molar-refractivity contribution in [2.24, 2.45) is 10.8 Å². The molecule has 2 aliphatic carbocycles. The fourth-order valence-electron chi connectivity index (χ4n) is 9.95. The number of hydrogen-bond acceptors (Lipinski definition) is 12. The zero-order valence-electron chi connectivity index (χ0n) is 44.5. The smallest absolute Gasteiger partial charge is 0.407 e. The molecule has 2 saturated carbocycles. The van der Waals surface area contributed by atoms with Gasteiger partial charge in [-0.25, -0.2) is 18.0 Å². The first kappa shape index (κ1) is 60.3. The molecule has 2 aliphatic rings. The maximum Gasteiger partial charge on any atom is 0.407 e. The summed E-state index contributed by atoms with van der Waals surface area (Å²) in [4.78, 5) is 25.2. The van der Waals surface area contributed by atoms with Crippen LogP contribution in [0, 0.1) is 33.5 Å². The first-order chi connectivity index (χ1) is 34.6. The highest BCUT2D eigenvalue weighted by molar-refractivity contribution is 7.89. The maximum absolute atomic E-state index is 14.1. The maximum atomic E-state index is 14.1. The predicted molar refractivity (Wildman–Crippen MR) is 284 cm³/mol. The van der Waals surface area contributed by atoms with Gasteiger partial charge in [-0.1, -0.05) is 99.2 Å². The molecule has 3 aromatic carbocycles. The lowest BCUT2D eigenvalue weighted by molar-refractivity contribution is 0.0375. The van der Waals surface area contributed by atoms with Gasteiger partial charge in [0.15, 0.2) is 0 Å². The van der Waals surface area contributed by atoms with Crippen molar-refractivity contribution in [3.8, 4) is 17.9 Å². The van der Waals surface area contributed by atoms with E-state index in [2.05, 4.69) is 28.1 Å². The van der Waals surface area contributed by atoms with Crippen LogP contribution in [0.1, 0.15) is 143 Å². The number of carbonyl (C=O) groups is 2. The summed E-state index contributed by atoms with van der Waals surface area (Å²) < 4.78 is 45.7. The second kappa shape index (κ2) is 29.0. The molecule has 73 heavy (non-hydrogen) atoms. The third-order valence-corrected chi connectivity index (χ3v) is 15.6. The molecule has 2 amide bonds. The predicted octanol–water partition coefficient (Wildman–Crippen LogP) is 9.76. The number of rotatable bonds is 23. The molecule has 402 valence electrons. The number of nitrogens with one attached hydrogen (secondary N) is 3. The van der Waals surface area contributed by atoms with E-state index in [1.165, 1.54) is 42.8 Å². The molecule has 0 heterocycles. The molecule has 0 bridgehead atoms. The number of alkyl carbamates (subject to hydrolysis) is 2. The highest BCUT2D eigenvalue weighted by atomic mass is 32.2. The van der Waals surface area contributed by atoms with Crippen molar-refractivity contribution < 1.29 is 42.4 Å². The molecular weight excluding hydrogens is 945 g/mol. The van der Waals surface area contributed by atoms with Gasteiger partial charge in [0, 0.05) is 39.0 Å². The second-order valence-electron chi connectivity index (χ2n) is 22.1. The summed E-state index contributed by atoms with van der Waals surface area (Å²) >= 11 is 0. The van der Waals surface area contributed by atoms with Crippen molar-refractivity contribution in [2.75, 3.05) is 33.3 Å². The monoisotopic (exact) mass is 1030 g/mol. The molecule has 15 nitrogen and oxygen atoms in total. The average Bonchev–Trinajstić information content (AvgIpc) is 3.35. The lowest BCUT2D eigenvalue weighted by atomic mass is 9.71. The molecular formula is C57H84N6O9S. The van der Waals surface area contributed by atoms with Crippen molar-refractivity contribution in [2.45, 2.75) is 185 Å². The minimum Gasteiger partial charge on any atom is -0.497 e. The average molecular weight is 1030 g/mol. The minimum absolute atomic E-state index is 0.0847. The Kier molecular flexibility index (Phi) is 24.0. The summed E-state index contributed by atoms with van der Waals surface area (Å²) in [5.41, 5.74) is 0.338. The van der Waals surface area contributed by atoms with Crippen LogP contribution in [0.4, 0.5) is 9.59 Å². The van der Waals surface area contributed by atoms with Gasteiger partial charge in [0.25, 0.3) is 0 Å². The molecule has 0 saturated heterocycles. The number of aliphatic hydroxyl groups is 2. The van der Waals surface area contributed by atoms with Crippen LogP contribution in [0.2, 0.25) is 0 Å². The Hall–Kier alpha value is -5.23. The summed E-state index contributed by atoms with van der Waals surface area (Å²) in [7, 11) is -2.54. The Morgan fingerprint density at radius 2 is 1.11 bits per heavy atom. The molecule has 16 heteroatoms. The van der Waals surface area contributed by atoms with E-state index in [0.29, 0.717) is 38.0 Å². The SMILES string of the molecule is CC(C)(C)OC(=O)N[C@@H](Cc1ccccc1)[C@H](O)CNCC1(CCC#N)CCCCC1.COc1ccc(S(=O)(=O)N(C[C@@H](O)[C@H](Cc2ccccc2)NC(=O)OC(C)(C)C)CC2(CCC#N)CCCCC2)cc1. The van der Waals surface area contributed by atoms with Crippen LogP contribution in [0.15, 0.2) is 89.8 Å². The number of nitriles is 2. The van der Waals surface area contributed by atoms with Gasteiger partial charge in [0.05, 0.1) is 48.4 Å². The van der Waals surface area contributed by atoms with Gasteiger partial charge < -0.3 is 40.4 Å². The van der Waals surface area contributed by atoms with E-state index in [1.54, 1.807) is 32.9 Å². The number of sulfonamides is 1. The van der Waals surface area contributed by atoms with E-state index >= 15 is 0 Å². The fourth-order valence-corrected chi connectivity index (χ4v) is 11.5. The van der Waals surface area contributed by atoms with Crippen LogP contribution in [0.5, 0.6) is 5.75 Å². The zero-order valence-corrected chi connectivity index (χ0v) is 45.4. The Morgan fingerprint density at radius 1 is 0.671 bits per heavy atom. The largest absolute Gasteiger partial charge is 0.497 e. The lowest BCUT2D eigenvalue weighted by Gasteiger charge is -2.41. The number of aliphatic hydroxyl groups excluding tert-OH is 2. The Labute approximate surface area is 436 Å². The number of amides is 2. The first-order valence-electron chi connectivity index (χ1n) is 26.1. The van der Waals surface area contributed by atoms with Gasteiger partial charge in [-0.2, -0.15) is 14.8 Å². The van der Waals surface area contributed by atoms with Gasteiger partial charge in [-0.3, -0.25) is 0 Å². The molecule has 0 spiro atoms. The summed E-state index contributed by atoms with van der Waals surface area (Å²) in [6.45, 7) is 11.8. The van der Waals surface area contributed by atoms with Gasteiger partial charge >= 0.3 is 12.2 Å². The third kappa shape index (κ3) is 21.3. The van der Waals surface area contributed by atoms with Gasteiger partial charge in [-0.15, -0.1) is 0 Å². The van der Waals surface area contributed by atoms with Crippen LogP contribution in [-0.2, 0) is 32.3 Å². The highest BCUT2D eigenvalue weighted by Gasteiger charge is 2.40. The van der Waals surface area contributed by atoms with Gasteiger partial charge in [-0.05, 0) is 139 Å². The fraction of sp³-hybridized carbons (Fsp3) is 0.614. The summed E-state index contributed by atoms with van der Waals surface area (Å²) in [5.74, 6) is 0.530. The van der Waals surface area contributed by atoms with Crippen molar-refractivity contribution in [3.05, 3.63) is 96.1 Å². The van der Waals surface area contributed by atoms with E-state index in [-0.39, 0.29) is 35.2 Å². The van der Waals surface area contributed by atoms with E-state index in [0.717, 1.165) is 69.0 Å². The molecule has 0 aliphatic heterocycles. The molecule has 3 aromatic rings. The molecule has 5 N–H and O–H groups in total. The number of benzene rings is 3. The number of nitrogens with zero attached hydrogens (tertiary/aromatic N) is 3. The molecule has 4 atom stereocenters. The molecule has 0 radical (unpaired) electrons. The topological polar surface area (TPSA) is 223 Å². The van der Waals surface area contributed by atoms with E-state index in [1.807, 2.05) is 81.4 Å². The third-order valence-electron chi connectivity index (χ3n) is 13.7. The van der Waals surface area contributed by atoms with Crippen LogP contribution in [0.3, 0.4) is 0 Å². The molecule has 0 aromatic heterocycles. The van der Waals surface area contributed by atoms with Crippen molar-refractivity contribution in [1.82, 2.24) is 20.3 Å². The number of methoxy groups -OCH3 is 1. The Balaban J connectivity index is 0.000000332. The summed E-state index contributed by atoms with van der Waals surface area (Å²) in [5, 5.41) is 50.0. The first-order valence-corrected chi connectivity index (χ1v) is 27.6. The van der Waals surface area contributed by atoms with E-state index < -0.39 is 57.7 Å². The molecule has 5 rings (SSSR count). The van der Waals surface area contributed by atoms with Gasteiger partial charge in [0.1, 0.15) is 17.0 Å². The van der Waals surface area contributed by atoms with E-state index in [4.69, 9.17) is 19.5 Å². The molecule has 2 fully saturated rings. The van der Waals surface area contributed by atoms with Crippen LogP contribution in [-0.4, -0.2) is 104 Å². The normalized spacial score (nSPS) is 17.2. The summed E-state index contributed by atoms with van der Waals surface area (Å²) in [6.07, 6.45) is 10.5. The zero-order chi connectivity index (χ0) is 53.5. The number of carbonyl (C=O) groups excluding carboxylic acids is 2. The van der Waals surface area contributed by atoms with E-state index in [9.17, 15) is 33.5 Å². The Morgan fingerprint density at radius 3 is 1.55 bits per heavy atom. The molecule has 0 unspecified atom stereocenters. The summed E-state index contributed by atoms with van der Waals surface area (Å²) in [6, 6.07) is 28.6. The second-order valence-corrected chi connectivity index (χ2v) is 24.0. The van der Waals surface area contributed by atoms with Crippen molar-refractivity contribution in [3.63, 3.8) is 0 Å². The van der Waals surface area contributed by atoms with Crippen LogP contribution in [0.25, 0.3) is 0 Å². The number of ether oxygens (including phenoxy) is 3. The Bertz CT molecular complexity index is 2300. The van der Waals surface area contributed by atoms with Crippen molar-refractivity contribution in [1.29, 1.82) is 10.5 Å². The van der Waals surface area contributed by atoms with Crippen LogP contribution < -0.4 is 20.7 Å².